The summed E-state index contributed by atoms with van der Waals surface area (Å²) in [5.74, 6) is 0. The molecule has 0 radical (unpaired) electrons. The van der Waals surface area contributed by atoms with Crippen LogP contribution in [0.15, 0.2) is 67.0 Å². The van der Waals surface area contributed by atoms with E-state index < -0.39 is 0 Å². The maximum Gasteiger partial charge on any atom is 0.137 e. The molecule has 0 aliphatic heterocycles. The van der Waals surface area contributed by atoms with Crippen LogP contribution >= 0.6 is 11.6 Å². The predicted octanol–water partition coefficient (Wildman–Crippen LogP) is 4.81. The monoisotopic (exact) mass is 278 g/mol. The molecule has 0 aliphatic carbocycles. The molecule has 0 saturated heterocycles. The first kappa shape index (κ1) is 11.5. The van der Waals surface area contributed by atoms with Gasteiger partial charge in [0.05, 0.1) is 5.52 Å². The smallest absolute Gasteiger partial charge is 0.137 e. The van der Waals surface area contributed by atoms with Crippen molar-refractivity contribution in [2.24, 2.45) is 0 Å². The van der Waals surface area contributed by atoms with E-state index in [1.807, 2.05) is 48.8 Å². The summed E-state index contributed by atoms with van der Waals surface area (Å²) in [7, 11) is 0. The van der Waals surface area contributed by atoms with Gasteiger partial charge in [0.15, 0.2) is 0 Å². The summed E-state index contributed by atoms with van der Waals surface area (Å²) in [5.41, 5.74) is 4.38. The highest BCUT2D eigenvalue weighted by molar-refractivity contribution is 6.31. The zero-order chi connectivity index (χ0) is 13.5. The highest BCUT2D eigenvalue weighted by Crippen LogP contribution is 2.31. The quantitative estimate of drug-likeness (QED) is 0.488. The zero-order valence-corrected chi connectivity index (χ0v) is 11.4. The summed E-state index contributed by atoms with van der Waals surface area (Å²) < 4.78 is 2.08. The fourth-order valence-corrected chi connectivity index (χ4v) is 2.80. The van der Waals surface area contributed by atoms with Gasteiger partial charge in [-0.05, 0) is 35.4 Å². The molecular formula is C17H11ClN2. The number of halogens is 1. The van der Waals surface area contributed by atoms with Gasteiger partial charge >= 0.3 is 0 Å². The third kappa shape index (κ3) is 1.69. The molecule has 4 aromatic rings. The topological polar surface area (TPSA) is 17.3 Å². The Hall–Kier alpha value is -2.32. The van der Waals surface area contributed by atoms with Crippen molar-refractivity contribution in [3.8, 4) is 11.1 Å². The van der Waals surface area contributed by atoms with E-state index >= 15 is 0 Å². The molecule has 0 unspecified atom stereocenters. The molecule has 2 nitrogen and oxygen atoms in total. The van der Waals surface area contributed by atoms with Crippen molar-refractivity contribution >= 4 is 28.2 Å². The van der Waals surface area contributed by atoms with Crippen LogP contribution in [0.25, 0.3) is 27.7 Å². The summed E-state index contributed by atoms with van der Waals surface area (Å²) in [6.45, 7) is 0. The van der Waals surface area contributed by atoms with Gasteiger partial charge < -0.3 is 0 Å². The standard InChI is InChI=1S/C17H11ClN2/c18-13-6-7-16-15(10-13)14(12-4-2-1-3-5-12)11-17-19-8-9-20(16)17/h1-11H. The van der Waals surface area contributed by atoms with E-state index in [1.54, 1.807) is 0 Å². The maximum atomic E-state index is 6.18. The van der Waals surface area contributed by atoms with Crippen LogP contribution in [-0.2, 0) is 0 Å². The lowest BCUT2D eigenvalue weighted by Gasteiger charge is -2.10. The first-order chi connectivity index (χ1) is 9.83. The Morgan fingerprint density at radius 1 is 0.950 bits per heavy atom. The fourth-order valence-electron chi connectivity index (χ4n) is 2.62. The average molecular weight is 279 g/mol. The number of hydrogen-bond acceptors (Lipinski definition) is 1. The highest BCUT2D eigenvalue weighted by Gasteiger charge is 2.09. The molecule has 0 saturated carbocycles. The second-order valence-electron chi connectivity index (χ2n) is 4.74. The van der Waals surface area contributed by atoms with Crippen molar-refractivity contribution in [1.82, 2.24) is 9.38 Å². The predicted molar refractivity (Wildman–Crippen MR) is 83.1 cm³/mol. The van der Waals surface area contributed by atoms with Crippen molar-refractivity contribution in [1.29, 1.82) is 0 Å². The van der Waals surface area contributed by atoms with Gasteiger partial charge in [-0.3, -0.25) is 4.40 Å². The van der Waals surface area contributed by atoms with Crippen LogP contribution in [0, 0.1) is 0 Å². The fraction of sp³-hybridized carbons (Fsp3) is 0. The molecule has 0 atom stereocenters. The minimum Gasteiger partial charge on any atom is -0.300 e. The first-order valence-electron chi connectivity index (χ1n) is 6.44. The van der Waals surface area contributed by atoms with Crippen LogP contribution in [-0.4, -0.2) is 9.38 Å². The van der Waals surface area contributed by atoms with E-state index in [2.05, 4.69) is 27.6 Å². The van der Waals surface area contributed by atoms with Gasteiger partial charge in [-0.15, -0.1) is 0 Å². The molecule has 2 aromatic carbocycles. The number of pyridine rings is 1. The molecule has 2 aromatic heterocycles. The first-order valence-corrected chi connectivity index (χ1v) is 6.81. The number of nitrogens with zero attached hydrogens (tertiary/aromatic N) is 2. The maximum absolute atomic E-state index is 6.18. The zero-order valence-electron chi connectivity index (χ0n) is 10.6. The second kappa shape index (κ2) is 4.36. The van der Waals surface area contributed by atoms with Gasteiger partial charge in [0.1, 0.15) is 5.65 Å². The Kier molecular flexibility index (Phi) is 2.51. The van der Waals surface area contributed by atoms with Crippen LogP contribution in [0.5, 0.6) is 0 Å². The normalized spacial score (nSPS) is 11.2. The second-order valence-corrected chi connectivity index (χ2v) is 5.18. The summed E-state index contributed by atoms with van der Waals surface area (Å²) in [5, 5.41) is 1.88. The molecule has 96 valence electrons. The number of imidazole rings is 1. The lowest BCUT2D eigenvalue weighted by Crippen LogP contribution is -1.90. The van der Waals surface area contributed by atoms with E-state index in [-0.39, 0.29) is 0 Å². The number of rotatable bonds is 1. The van der Waals surface area contributed by atoms with Crippen molar-refractivity contribution in [2.45, 2.75) is 0 Å². The Morgan fingerprint density at radius 2 is 1.80 bits per heavy atom. The third-order valence-corrected chi connectivity index (χ3v) is 3.77. The van der Waals surface area contributed by atoms with Gasteiger partial charge in [-0.1, -0.05) is 41.9 Å². The Balaban J connectivity index is 2.19. The minimum atomic E-state index is 0.745. The van der Waals surface area contributed by atoms with E-state index in [4.69, 9.17) is 11.6 Å². The summed E-state index contributed by atoms with van der Waals surface area (Å²) >= 11 is 6.18. The van der Waals surface area contributed by atoms with Gasteiger partial charge in [0.25, 0.3) is 0 Å². The minimum absolute atomic E-state index is 0.745. The number of hydrogen-bond donors (Lipinski definition) is 0. The summed E-state index contributed by atoms with van der Waals surface area (Å²) in [6.07, 6.45) is 3.79. The van der Waals surface area contributed by atoms with Crippen molar-refractivity contribution in [2.75, 3.05) is 0 Å². The van der Waals surface area contributed by atoms with E-state index in [9.17, 15) is 0 Å². The Bertz CT molecular complexity index is 910. The van der Waals surface area contributed by atoms with Crippen molar-refractivity contribution < 1.29 is 0 Å². The molecule has 20 heavy (non-hydrogen) atoms. The molecule has 0 fully saturated rings. The van der Waals surface area contributed by atoms with Crippen LogP contribution in [0.1, 0.15) is 0 Å². The van der Waals surface area contributed by atoms with E-state index in [1.165, 1.54) is 5.56 Å². The molecule has 0 aliphatic rings. The lowest BCUT2D eigenvalue weighted by molar-refractivity contribution is 1.26. The van der Waals surface area contributed by atoms with Crippen molar-refractivity contribution in [3.05, 3.63) is 72.0 Å². The van der Waals surface area contributed by atoms with Crippen LogP contribution in [0.4, 0.5) is 0 Å². The Labute approximate surface area is 121 Å². The SMILES string of the molecule is Clc1ccc2c(c1)c(-c1ccccc1)cc1nccn12. The summed E-state index contributed by atoms with van der Waals surface area (Å²) in [4.78, 5) is 4.41. The van der Waals surface area contributed by atoms with Crippen LogP contribution in [0.3, 0.4) is 0 Å². The van der Waals surface area contributed by atoms with Gasteiger partial charge in [0, 0.05) is 22.8 Å². The molecule has 0 spiro atoms. The van der Waals surface area contributed by atoms with Crippen LogP contribution < -0.4 is 0 Å². The largest absolute Gasteiger partial charge is 0.300 e. The van der Waals surface area contributed by atoms with Gasteiger partial charge in [-0.25, -0.2) is 4.98 Å². The Morgan fingerprint density at radius 3 is 2.65 bits per heavy atom. The molecule has 4 rings (SSSR count). The van der Waals surface area contributed by atoms with E-state index in [0.29, 0.717) is 0 Å². The van der Waals surface area contributed by atoms with Gasteiger partial charge in [-0.2, -0.15) is 0 Å². The van der Waals surface area contributed by atoms with E-state index in [0.717, 1.165) is 27.1 Å². The lowest BCUT2D eigenvalue weighted by atomic mass is 10.0. The number of fused-ring (bicyclic) bond motifs is 3. The molecule has 0 bridgehead atoms. The van der Waals surface area contributed by atoms with Crippen molar-refractivity contribution in [3.63, 3.8) is 0 Å². The van der Waals surface area contributed by atoms with Gasteiger partial charge in [0.2, 0.25) is 0 Å². The number of benzene rings is 2. The third-order valence-electron chi connectivity index (χ3n) is 3.54. The molecular weight excluding hydrogens is 268 g/mol. The molecule has 0 amide bonds. The number of aromatic nitrogens is 2. The molecule has 2 heterocycles. The molecule has 3 heteroatoms. The average Bonchev–Trinajstić information content (AvgIpc) is 2.95. The highest BCUT2D eigenvalue weighted by atomic mass is 35.5. The van der Waals surface area contributed by atoms with Crippen LogP contribution in [0.2, 0.25) is 5.02 Å². The summed E-state index contributed by atoms with van der Waals surface area (Å²) in [6, 6.07) is 18.4. The molecule has 0 N–H and O–H groups in total.